The van der Waals surface area contributed by atoms with Gasteiger partial charge in [-0.1, -0.05) is 18.2 Å². The molecule has 0 unspecified atom stereocenters. The van der Waals surface area contributed by atoms with Crippen molar-refractivity contribution in [3.8, 4) is 0 Å². The molecule has 0 atom stereocenters. The van der Waals surface area contributed by atoms with Gasteiger partial charge in [-0.3, -0.25) is 4.79 Å². The van der Waals surface area contributed by atoms with Crippen LogP contribution in [0.4, 0.5) is 5.00 Å². The summed E-state index contributed by atoms with van der Waals surface area (Å²) in [6.07, 6.45) is 4.09. The molecule has 1 aromatic carbocycles. The number of hydrogen-bond donors (Lipinski definition) is 3. The van der Waals surface area contributed by atoms with E-state index in [4.69, 9.17) is 0 Å². The van der Waals surface area contributed by atoms with Crippen LogP contribution in [0, 0.1) is 0 Å². The van der Waals surface area contributed by atoms with E-state index in [1.54, 1.807) is 0 Å². The maximum atomic E-state index is 12.4. The Hall–Kier alpha value is -2.60. The second-order valence-corrected chi connectivity index (χ2v) is 6.94. The van der Waals surface area contributed by atoms with Gasteiger partial charge < -0.3 is 15.4 Å². The largest absolute Gasteiger partial charge is 0.478 e. The molecule has 0 radical (unpaired) electrons. The number of para-hydroxylation sites is 1. The minimum atomic E-state index is -0.972. The number of thiophene rings is 1. The number of nitrogens with one attached hydrogen (secondary N) is 2. The van der Waals surface area contributed by atoms with Crippen molar-refractivity contribution >= 4 is 39.1 Å². The van der Waals surface area contributed by atoms with Crippen molar-refractivity contribution in [3.05, 3.63) is 52.5 Å². The number of carbonyl (C=O) groups is 2. The summed E-state index contributed by atoms with van der Waals surface area (Å²) in [5.41, 5.74) is 3.00. The summed E-state index contributed by atoms with van der Waals surface area (Å²) >= 11 is 1.30. The Labute approximate surface area is 142 Å². The number of rotatable bonds is 5. The van der Waals surface area contributed by atoms with Crippen molar-refractivity contribution in [1.29, 1.82) is 0 Å². The number of hydrogen-bond acceptors (Lipinski definition) is 3. The fourth-order valence-corrected chi connectivity index (χ4v) is 4.05. The van der Waals surface area contributed by atoms with Gasteiger partial charge in [0, 0.05) is 17.1 Å². The van der Waals surface area contributed by atoms with Gasteiger partial charge in [-0.25, -0.2) is 4.79 Å². The van der Waals surface area contributed by atoms with Crippen LogP contribution in [0.1, 0.15) is 40.2 Å². The summed E-state index contributed by atoms with van der Waals surface area (Å²) in [7, 11) is 0. The second-order valence-electron chi connectivity index (χ2n) is 6.06. The fraction of sp³-hybridized carbons (Fsp3) is 0.222. The molecule has 0 bridgehead atoms. The third-order valence-electron chi connectivity index (χ3n) is 4.33. The van der Waals surface area contributed by atoms with Gasteiger partial charge in [0.2, 0.25) is 5.91 Å². The van der Waals surface area contributed by atoms with Gasteiger partial charge in [-0.2, -0.15) is 0 Å². The molecule has 2 aromatic heterocycles. The highest BCUT2D eigenvalue weighted by Crippen LogP contribution is 2.45. The summed E-state index contributed by atoms with van der Waals surface area (Å²) in [4.78, 5) is 27.1. The first kappa shape index (κ1) is 15.0. The first-order chi connectivity index (χ1) is 11.6. The van der Waals surface area contributed by atoms with Gasteiger partial charge in [-0.05, 0) is 41.3 Å². The molecular formula is C18H16N2O3S. The van der Waals surface area contributed by atoms with E-state index < -0.39 is 5.97 Å². The number of aromatic carboxylic acids is 1. The monoisotopic (exact) mass is 340 g/mol. The molecule has 24 heavy (non-hydrogen) atoms. The Morgan fingerprint density at radius 2 is 2.08 bits per heavy atom. The number of H-pyrrole nitrogens is 1. The van der Waals surface area contributed by atoms with Crippen molar-refractivity contribution < 1.29 is 14.7 Å². The number of anilines is 1. The first-order valence-electron chi connectivity index (χ1n) is 7.83. The molecule has 0 spiro atoms. The van der Waals surface area contributed by atoms with Crippen LogP contribution < -0.4 is 5.32 Å². The van der Waals surface area contributed by atoms with Gasteiger partial charge in [0.25, 0.3) is 0 Å². The lowest BCUT2D eigenvalue weighted by Crippen LogP contribution is -2.15. The number of carboxylic acid groups (broad SMARTS) is 1. The minimum absolute atomic E-state index is 0.202. The lowest BCUT2D eigenvalue weighted by atomic mass is 10.1. The number of carboxylic acids is 1. The number of benzene rings is 1. The third kappa shape index (κ3) is 2.69. The smallest absolute Gasteiger partial charge is 0.339 e. The summed E-state index contributed by atoms with van der Waals surface area (Å²) in [6.45, 7) is 0. The lowest BCUT2D eigenvalue weighted by molar-refractivity contribution is -0.115. The van der Waals surface area contributed by atoms with Crippen molar-refractivity contribution in [2.75, 3.05) is 5.32 Å². The molecule has 1 aliphatic rings. The van der Waals surface area contributed by atoms with Crippen LogP contribution >= 0.6 is 11.3 Å². The number of carbonyl (C=O) groups excluding carboxylic acids is 1. The van der Waals surface area contributed by atoms with E-state index in [1.165, 1.54) is 11.3 Å². The topological polar surface area (TPSA) is 82.2 Å². The van der Waals surface area contributed by atoms with E-state index in [2.05, 4.69) is 10.3 Å². The quantitative estimate of drug-likeness (QED) is 0.657. The molecule has 5 nitrogen and oxygen atoms in total. The summed E-state index contributed by atoms with van der Waals surface area (Å²) in [5.74, 6) is -0.835. The van der Waals surface area contributed by atoms with Crippen LogP contribution in [-0.4, -0.2) is 22.0 Å². The van der Waals surface area contributed by atoms with Gasteiger partial charge in [0.1, 0.15) is 5.00 Å². The fourth-order valence-electron chi connectivity index (χ4n) is 3.00. The predicted octanol–water partition coefficient (Wildman–Crippen LogP) is 3.99. The van der Waals surface area contributed by atoms with E-state index in [0.29, 0.717) is 10.9 Å². The van der Waals surface area contributed by atoms with Crippen LogP contribution in [0.5, 0.6) is 0 Å². The normalized spacial score (nSPS) is 14.0. The van der Waals surface area contributed by atoms with Gasteiger partial charge in [-0.15, -0.1) is 11.3 Å². The molecular weight excluding hydrogens is 324 g/mol. The van der Waals surface area contributed by atoms with E-state index in [-0.39, 0.29) is 17.9 Å². The maximum Gasteiger partial charge on any atom is 0.339 e. The van der Waals surface area contributed by atoms with E-state index >= 15 is 0 Å². The maximum absolute atomic E-state index is 12.4. The van der Waals surface area contributed by atoms with Crippen molar-refractivity contribution in [1.82, 2.24) is 4.98 Å². The Bertz CT molecular complexity index is 937. The third-order valence-corrected chi connectivity index (χ3v) is 5.24. The molecule has 1 aliphatic carbocycles. The Morgan fingerprint density at radius 1 is 1.29 bits per heavy atom. The number of fused-ring (bicyclic) bond motifs is 1. The lowest BCUT2D eigenvalue weighted by Gasteiger charge is -2.05. The standard InChI is InChI=1S/C18H16N2O3S/c21-15(7-11-8-19-14-4-2-1-3-12(11)14)20-17-16(18(22)23)13(9-24-17)10-5-6-10/h1-4,8-10,19H,5-7H2,(H,20,21)(H,22,23). The molecule has 1 saturated carbocycles. The minimum Gasteiger partial charge on any atom is -0.478 e. The molecule has 3 aromatic rings. The van der Waals surface area contributed by atoms with Crippen LogP contribution in [0.3, 0.4) is 0 Å². The van der Waals surface area contributed by atoms with Gasteiger partial charge in [0.15, 0.2) is 0 Å². The molecule has 4 rings (SSSR count). The Kier molecular flexibility index (Phi) is 3.61. The van der Waals surface area contributed by atoms with Crippen LogP contribution in [-0.2, 0) is 11.2 Å². The highest BCUT2D eigenvalue weighted by Gasteiger charge is 2.31. The van der Waals surface area contributed by atoms with Crippen molar-refractivity contribution in [2.24, 2.45) is 0 Å². The van der Waals surface area contributed by atoms with Crippen LogP contribution in [0.15, 0.2) is 35.8 Å². The average molecular weight is 340 g/mol. The van der Waals surface area contributed by atoms with Crippen LogP contribution in [0.25, 0.3) is 10.9 Å². The molecule has 2 heterocycles. The molecule has 1 fully saturated rings. The van der Waals surface area contributed by atoms with Gasteiger partial charge in [0.05, 0.1) is 12.0 Å². The molecule has 3 N–H and O–H groups in total. The van der Waals surface area contributed by atoms with Crippen LogP contribution in [0.2, 0.25) is 0 Å². The highest BCUT2D eigenvalue weighted by molar-refractivity contribution is 7.15. The van der Waals surface area contributed by atoms with E-state index in [0.717, 1.165) is 34.9 Å². The molecule has 1 amide bonds. The molecule has 0 saturated heterocycles. The van der Waals surface area contributed by atoms with E-state index in [1.807, 2.05) is 35.8 Å². The molecule has 122 valence electrons. The Morgan fingerprint density at radius 3 is 2.83 bits per heavy atom. The zero-order chi connectivity index (χ0) is 16.7. The second kappa shape index (κ2) is 5.79. The molecule has 6 heteroatoms. The zero-order valence-electron chi connectivity index (χ0n) is 12.8. The Balaban J connectivity index is 1.55. The van der Waals surface area contributed by atoms with Crippen molar-refractivity contribution in [2.45, 2.75) is 25.2 Å². The summed E-state index contributed by atoms with van der Waals surface area (Å²) < 4.78 is 0. The van der Waals surface area contributed by atoms with Crippen molar-refractivity contribution in [3.63, 3.8) is 0 Å². The predicted molar refractivity (Wildman–Crippen MR) is 93.9 cm³/mol. The zero-order valence-corrected chi connectivity index (χ0v) is 13.7. The molecule has 0 aliphatic heterocycles. The summed E-state index contributed by atoms with van der Waals surface area (Å²) in [6, 6.07) is 7.79. The van der Waals surface area contributed by atoms with Gasteiger partial charge >= 0.3 is 5.97 Å². The number of aromatic amines is 1. The SMILES string of the molecule is O=C(Cc1c[nH]c2ccccc12)Nc1scc(C2CC2)c1C(=O)O. The first-order valence-corrected chi connectivity index (χ1v) is 8.71. The number of aromatic nitrogens is 1. The van der Waals surface area contributed by atoms with E-state index in [9.17, 15) is 14.7 Å². The number of amides is 1. The average Bonchev–Trinajstić information content (AvgIpc) is 3.20. The summed E-state index contributed by atoms with van der Waals surface area (Å²) in [5, 5.41) is 15.6. The highest BCUT2D eigenvalue weighted by atomic mass is 32.1.